The van der Waals surface area contributed by atoms with Gasteiger partial charge in [0, 0.05) is 44.7 Å². The van der Waals surface area contributed by atoms with Gasteiger partial charge in [-0.05, 0) is 42.5 Å². The highest BCUT2D eigenvalue weighted by Gasteiger charge is 2.23. The largest absolute Gasteiger partial charge is 0.380 e. The first-order valence-corrected chi connectivity index (χ1v) is 9.13. The van der Waals surface area contributed by atoms with Gasteiger partial charge in [0.15, 0.2) is 0 Å². The van der Waals surface area contributed by atoms with Gasteiger partial charge in [-0.25, -0.2) is 4.79 Å². The van der Waals surface area contributed by atoms with Crippen LogP contribution < -0.4 is 5.32 Å². The lowest BCUT2D eigenvalue weighted by Crippen LogP contribution is -2.44. The van der Waals surface area contributed by atoms with Crippen LogP contribution in [-0.4, -0.2) is 62.1 Å². The molecule has 1 fully saturated rings. The molecule has 1 atom stereocenters. The summed E-state index contributed by atoms with van der Waals surface area (Å²) in [7, 11) is 5.16. The molecule has 1 aromatic heterocycles. The number of rotatable bonds is 3. The van der Waals surface area contributed by atoms with Crippen molar-refractivity contribution < 1.29 is 14.3 Å². The van der Waals surface area contributed by atoms with Crippen molar-refractivity contribution >= 4 is 39.0 Å². The first kappa shape index (κ1) is 17.7. The zero-order chi connectivity index (χ0) is 18.0. The second-order valence-electron chi connectivity index (χ2n) is 6.44. The van der Waals surface area contributed by atoms with Crippen LogP contribution in [0.25, 0.3) is 10.1 Å². The lowest BCUT2D eigenvalue weighted by Gasteiger charge is -2.31. The van der Waals surface area contributed by atoms with E-state index in [1.165, 1.54) is 11.3 Å². The number of benzene rings is 1. The van der Waals surface area contributed by atoms with Crippen molar-refractivity contribution in [2.24, 2.45) is 0 Å². The van der Waals surface area contributed by atoms with E-state index in [0.29, 0.717) is 11.4 Å². The molecule has 1 aliphatic rings. The van der Waals surface area contributed by atoms with E-state index in [4.69, 9.17) is 4.74 Å². The molecule has 0 bridgehead atoms. The van der Waals surface area contributed by atoms with Gasteiger partial charge in [0.25, 0.3) is 5.91 Å². The number of fused-ring (bicyclic) bond motifs is 1. The molecule has 3 amide bonds. The standard InChI is InChI=1S/C18H23N3O3S/c1-20(2)17(22)16-10-12-9-13(6-7-15(12)25-16)19-18(23)21-8-4-5-14(11-21)24-3/h6-7,9-10,14H,4-5,8,11H2,1-3H3,(H,19,23). The third-order valence-electron chi connectivity index (χ3n) is 4.38. The van der Waals surface area contributed by atoms with Crippen LogP contribution in [0.15, 0.2) is 24.3 Å². The van der Waals surface area contributed by atoms with Crippen LogP contribution in [0.2, 0.25) is 0 Å². The molecule has 0 aliphatic carbocycles. The van der Waals surface area contributed by atoms with Crippen molar-refractivity contribution in [3.63, 3.8) is 0 Å². The summed E-state index contributed by atoms with van der Waals surface area (Å²) in [4.78, 5) is 28.6. The molecular weight excluding hydrogens is 338 g/mol. The van der Waals surface area contributed by atoms with Gasteiger partial charge in [-0.15, -0.1) is 11.3 Å². The number of piperidine rings is 1. The topological polar surface area (TPSA) is 61.9 Å². The summed E-state index contributed by atoms with van der Waals surface area (Å²) < 4.78 is 6.40. The fourth-order valence-electron chi connectivity index (χ4n) is 2.96. The summed E-state index contributed by atoms with van der Waals surface area (Å²) in [6.07, 6.45) is 2.05. The Kier molecular flexibility index (Phi) is 5.24. The molecule has 1 unspecified atom stereocenters. The molecule has 1 aromatic carbocycles. The van der Waals surface area contributed by atoms with Gasteiger partial charge in [-0.1, -0.05) is 0 Å². The predicted octanol–water partition coefficient (Wildman–Crippen LogP) is 3.25. The predicted molar refractivity (Wildman–Crippen MR) is 100 cm³/mol. The number of carbonyl (C=O) groups excluding carboxylic acids is 2. The van der Waals surface area contributed by atoms with Gasteiger partial charge in [-0.3, -0.25) is 4.79 Å². The monoisotopic (exact) mass is 361 g/mol. The van der Waals surface area contributed by atoms with E-state index < -0.39 is 0 Å². The van der Waals surface area contributed by atoms with Crippen LogP contribution in [0.3, 0.4) is 0 Å². The molecule has 1 aliphatic heterocycles. The van der Waals surface area contributed by atoms with E-state index in [2.05, 4.69) is 5.32 Å². The first-order chi connectivity index (χ1) is 12.0. The molecule has 0 saturated carbocycles. The quantitative estimate of drug-likeness (QED) is 0.913. The molecule has 7 heteroatoms. The van der Waals surface area contributed by atoms with E-state index in [1.807, 2.05) is 24.3 Å². The van der Waals surface area contributed by atoms with Gasteiger partial charge >= 0.3 is 6.03 Å². The minimum atomic E-state index is -0.110. The highest BCUT2D eigenvalue weighted by atomic mass is 32.1. The first-order valence-electron chi connectivity index (χ1n) is 8.32. The molecular formula is C18H23N3O3S. The molecule has 25 heavy (non-hydrogen) atoms. The Hall–Kier alpha value is -2.12. The third-order valence-corrected chi connectivity index (χ3v) is 5.49. The van der Waals surface area contributed by atoms with Gasteiger partial charge in [0.1, 0.15) is 0 Å². The summed E-state index contributed by atoms with van der Waals surface area (Å²) in [6, 6.07) is 7.49. The van der Waals surface area contributed by atoms with Gasteiger partial charge < -0.3 is 19.9 Å². The summed E-state index contributed by atoms with van der Waals surface area (Å²) in [6.45, 7) is 1.36. The number of anilines is 1. The molecule has 6 nitrogen and oxygen atoms in total. The molecule has 2 aromatic rings. The maximum atomic E-state index is 12.5. The fraction of sp³-hybridized carbons (Fsp3) is 0.444. The van der Waals surface area contributed by atoms with Crippen LogP contribution in [0.4, 0.5) is 10.5 Å². The van der Waals surface area contributed by atoms with Gasteiger partial charge in [0.05, 0.1) is 11.0 Å². The minimum Gasteiger partial charge on any atom is -0.380 e. The Balaban J connectivity index is 1.73. The number of methoxy groups -OCH3 is 1. The Labute approximate surface area is 151 Å². The Morgan fingerprint density at radius 1 is 1.32 bits per heavy atom. The smallest absolute Gasteiger partial charge is 0.321 e. The molecule has 1 N–H and O–H groups in total. The van der Waals surface area contributed by atoms with Crippen molar-refractivity contribution in [2.45, 2.75) is 18.9 Å². The maximum Gasteiger partial charge on any atom is 0.321 e. The number of hydrogen-bond acceptors (Lipinski definition) is 4. The van der Waals surface area contributed by atoms with Crippen LogP contribution in [0, 0.1) is 0 Å². The molecule has 0 radical (unpaired) electrons. The molecule has 2 heterocycles. The molecule has 0 spiro atoms. The zero-order valence-electron chi connectivity index (χ0n) is 14.7. The highest BCUT2D eigenvalue weighted by Crippen LogP contribution is 2.29. The number of nitrogens with one attached hydrogen (secondary N) is 1. The molecule has 134 valence electrons. The number of urea groups is 1. The number of thiophene rings is 1. The van der Waals surface area contributed by atoms with Crippen molar-refractivity contribution in [3.8, 4) is 0 Å². The van der Waals surface area contributed by atoms with Crippen LogP contribution >= 0.6 is 11.3 Å². The van der Waals surface area contributed by atoms with E-state index in [0.717, 1.165) is 35.2 Å². The second-order valence-corrected chi connectivity index (χ2v) is 7.52. The van der Waals surface area contributed by atoms with E-state index in [1.54, 1.807) is 31.0 Å². The van der Waals surface area contributed by atoms with Crippen molar-refractivity contribution in [1.29, 1.82) is 0 Å². The summed E-state index contributed by atoms with van der Waals surface area (Å²) in [5, 5.41) is 3.91. The highest BCUT2D eigenvalue weighted by molar-refractivity contribution is 7.20. The number of likely N-dealkylation sites (tertiary alicyclic amines) is 1. The molecule has 1 saturated heterocycles. The van der Waals surface area contributed by atoms with Crippen molar-refractivity contribution in [1.82, 2.24) is 9.80 Å². The van der Waals surface area contributed by atoms with Crippen LogP contribution in [0.5, 0.6) is 0 Å². The third kappa shape index (κ3) is 3.93. The van der Waals surface area contributed by atoms with Crippen molar-refractivity contribution in [3.05, 3.63) is 29.1 Å². The van der Waals surface area contributed by atoms with E-state index in [9.17, 15) is 9.59 Å². The number of nitrogens with zero attached hydrogens (tertiary/aromatic N) is 2. The number of amides is 3. The fourth-order valence-corrected chi connectivity index (χ4v) is 4.03. The van der Waals surface area contributed by atoms with Crippen molar-refractivity contribution in [2.75, 3.05) is 39.6 Å². The Morgan fingerprint density at radius 2 is 2.12 bits per heavy atom. The molecule has 3 rings (SSSR count). The van der Waals surface area contributed by atoms with Crippen LogP contribution in [-0.2, 0) is 4.74 Å². The number of ether oxygens (including phenoxy) is 1. The van der Waals surface area contributed by atoms with Crippen LogP contribution in [0.1, 0.15) is 22.5 Å². The number of carbonyl (C=O) groups is 2. The van der Waals surface area contributed by atoms with Gasteiger partial charge in [-0.2, -0.15) is 0 Å². The van der Waals surface area contributed by atoms with Gasteiger partial charge in [0.2, 0.25) is 0 Å². The number of hydrogen-bond donors (Lipinski definition) is 1. The summed E-state index contributed by atoms with van der Waals surface area (Å²) in [5.74, 6) is -0.00860. The normalized spacial score (nSPS) is 17.6. The zero-order valence-corrected chi connectivity index (χ0v) is 15.6. The summed E-state index contributed by atoms with van der Waals surface area (Å²) in [5.41, 5.74) is 0.735. The average Bonchev–Trinajstić information content (AvgIpc) is 3.04. The lowest BCUT2D eigenvalue weighted by molar-refractivity contribution is 0.0458. The van der Waals surface area contributed by atoms with E-state index in [-0.39, 0.29) is 18.0 Å². The van der Waals surface area contributed by atoms with E-state index >= 15 is 0 Å². The Bertz CT molecular complexity index is 787. The average molecular weight is 361 g/mol. The lowest BCUT2D eigenvalue weighted by atomic mass is 10.1. The SMILES string of the molecule is COC1CCCN(C(=O)Nc2ccc3sc(C(=O)N(C)C)cc3c2)C1. The Morgan fingerprint density at radius 3 is 2.84 bits per heavy atom. The minimum absolute atomic E-state index is 0.00860. The second kappa shape index (κ2) is 7.41. The maximum absolute atomic E-state index is 12.5. The summed E-state index contributed by atoms with van der Waals surface area (Å²) >= 11 is 1.46.